The molecule has 64 valence electrons. The van der Waals surface area contributed by atoms with E-state index in [4.69, 9.17) is 0 Å². The number of hydrogen-bond donors (Lipinski definition) is 2. The molecule has 0 amide bonds. The maximum Gasteiger partial charge on any atom is 0.0646 e. The first kappa shape index (κ1) is 8.81. The lowest BCUT2D eigenvalue weighted by molar-refractivity contribution is -0.0222. The van der Waals surface area contributed by atoms with Gasteiger partial charge in [-0.15, -0.1) is 0 Å². The van der Waals surface area contributed by atoms with Crippen molar-refractivity contribution >= 4 is 24.9 Å². The van der Waals surface area contributed by atoms with Crippen molar-refractivity contribution in [2.24, 2.45) is 8.94 Å². The third-order valence-corrected chi connectivity index (χ3v) is 1.25. The van der Waals surface area contributed by atoms with E-state index in [0.29, 0.717) is 0 Å². The summed E-state index contributed by atoms with van der Waals surface area (Å²) in [6.07, 6.45) is 7.00. The second kappa shape index (κ2) is 4.57. The molecule has 1 heterocycles. The molecule has 0 fully saturated rings. The molecule has 0 aromatic carbocycles. The van der Waals surface area contributed by atoms with Crippen LogP contribution in [0.3, 0.4) is 0 Å². The third-order valence-electron chi connectivity index (χ3n) is 1.08. The molecule has 0 spiro atoms. The molecule has 8 heteroatoms. The Labute approximate surface area is 80.1 Å². The smallest absolute Gasteiger partial charge is 0.0646 e. The minimum Gasteiger partial charge on any atom is -0.186 e. The summed E-state index contributed by atoms with van der Waals surface area (Å²) in [6.45, 7) is 0. The van der Waals surface area contributed by atoms with Crippen molar-refractivity contribution in [1.82, 2.24) is 21.3 Å². The van der Waals surface area contributed by atoms with Gasteiger partial charge in [0.2, 0.25) is 0 Å². The van der Waals surface area contributed by atoms with Gasteiger partial charge in [-0.05, 0) is 12.2 Å². The maximum absolute atomic E-state index is 4.37. The Kier molecular flexibility index (Phi) is 3.35. The van der Waals surface area contributed by atoms with Crippen LogP contribution in [0.2, 0.25) is 0 Å². The molecule has 0 atom stereocenters. The van der Waals surface area contributed by atoms with Gasteiger partial charge in [0, 0.05) is 12.4 Å². The SMILES string of the molecule is S=NNN1C=CC=CN1NN=S. The molecular weight excluding hydrogens is 196 g/mol. The molecule has 0 aliphatic carbocycles. The number of rotatable bonds is 4. The van der Waals surface area contributed by atoms with Crippen molar-refractivity contribution in [2.75, 3.05) is 0 Å². The van der Waals surface area contributed by atoms with Gasteiger partial charge in [0.05, 0.1) is 24.9 Å². The summed E-state index contributed by atoms with van der Waals surface area (Å²) in [5.74, 6) is 0. The van der Waals surface area contributed by atoms with Crippen LogP contribution in [-0.2, 0) is 24.9 Å². The van der Waals surface area contributed by atoms with Crippen molar-refractivity contribution in [2.45, 2.75) is 0 Å². The highest BCUT2D eigenvalue weighted by atomic mass is 32.1. The molecule has 0 aromatic heterocycles. The molecule has 1 aliphatic rings. The van der Waals surface area contributed by atoms with E-state index in [-0.39, 0.29) is 0 Å². The van der Waals surface area contributed by atoms with Crippen LogP contribution in [0.5, 0.6) is 0 Å². The molecule has 6 nitrogen and oxygen atoms in total. The molecule has 2 N–H and O–H groups in total. The molecule has 0 saturated heterocycles. The zero-order chi connectivity index (χ0) is 8.81. The van der Waals surface area contributed by atoms with Crippen molar-refractivity contribution in [3.8, 4) is 0 Å². The lowest BCUT2D eigenvalue weighted by Gasteiger charge is -2.30. The largest absolute Gasteiger partial charge is 0.186 e. The molecule has 0 radical (unpaired) electrons. The van der Waals surface area contributed by atoms with Gasteiger partial charge < -0.3 is 0 Å². The van der Waals surface area contributed by atoms with Gasteiger partial charge in [0.25, 0.3) is 0 Å². The summed E-state index contributed by atoms with van der Waals surface area (Å²) in [6, 6.07) is 0. The highest BCUT2D eigenvalue weighted by Crippen LogP contribution is 1.99. The first-order valence-electron chi connectivity index (χ1n) is 2.98. The quantitative estimate of drug-likeness (QED) is 0.618. The van der Waals surface area contributed by atoms with Crippen molar-refractivity contribution < 1.29 is 0 Å². The van der Waals surface area contributed by atoms with Crippen LogP contribution < -0.4 is 11.1 Å². The average molecular weight is 202 g/mol. The number of allylic oxidation sites excluding steroid dienone is 2. The summed E-state index contributed by atoms with van der Waals surface area (Å²) < 4.78 is 6.62. The lowest BCUT2D eigenvalue weighted by Crippen LogP contribution is -2.48. The molecular formula is C4H6N6S2. The molecule has 0 unspecified atom stereocenters. The van der Waals surface area contributed by atoms with Gasteiger partial charge >= 0.3 is 0 Å². The monoisotopic (exact) mass is 202 g/mol. The van der Waals surface area contributed by atoms with E-state index >= 15 is 0 Å². The van der Waals surface area contributed by atoms with E-state index in [1.807, 2.05) is 0 Å². The van der Waals surface area contributed by atoms with Crippen LogP contribution in [0.4, 0.5) is 0 Å². The fraction of sp³-hybridized carbons (Fsp3) is 0. The molecule has 1 rings (SSSR count). The van der Waals surface area contributed by atoms with Gasteiger partial charge in [-0.3, -0.25) is 0 Å². The Morgan fingerprint density at radius 3 is 1.67 bits per heavy atom. The van der Waals surface area contributed by atoms with Crippen molar-refractivity contribution in [3.05, 3.63) is 24.6 Å². The fourth-order valence-electron chi connectivity index (χ4n) is 0.653. The summed E-state index contributed by atoms with van der Waals surface area (Å²) in [4.78, 5) is 0. The number of hydrogen-bond acceptors (Lipinski definition) is 6. The number of nitrogens with one attached hydrogen (secondary N) is 2. The highest BCUT2D eigenvalue weighted by molar-refractivity contribution is 7.47. The summed E-state index contributed by atoms with van der Waals surface area (Å²) in [5.41, 5.74) is 5.02. The van der Waals surface area contributed by atoms with E-state index in [1.54, 1.807) is 24.6 Å². The Bertz CT molecular complexity index is 202. The lowest BCUT2D eigenvalue weighted by atomic mass is 10.5. The van der Waals surface area contributed by atoms with Gasteiger partial charge in [0.15, 0.2) is 0 Å². The molecule has 0 bridgehead atoms. The zero-order valence-corrected chi connectivity index (χ0v) is 7.55. The second-order valence-electron chi connectivity index (χ2n) is 1.75. The van der Waals surface area contributed by atoms with Crippen LogP contribution in [0, 0.1) is 0 Å². The van der Waals surface area contributed by atoms with Gasteiger partial charge in [0.1, 0.15) is 0 Å². The van der Waals surface area contributed by atoms with Crippen molar-refractivity contribution in [3.63, 3.8) is 0 Å². The Hall–Kier alpha value is -1.28. The minimum absolute atomic E-state index is 1.48. The zero-order valence-electron chi connectivity index (χ0n) is 5.91. The predicted octanol–water partition coefficient (Wildman–Crippen LogP) is -0.153. The number of hydrazine groups is 3. The van der Waals surface area contributed by atoms with Crippen LogP contribution in [0.25, 0.3) is 0 Å². The van der Waals surface area contributed by atoms with Crippen molar-refractivity contribution in [1.29, 1.82) is 0 Å². The number of nitrogens with zero attached hydrogens (tertiary/aromatic N) is 4. The van der Waals surface area contributed by atoms with E-state index < -0.39 is 0 Å². The Morgan fingerprint density at radius 1 is 0.917 bits per heavy atom. The molecule has 1 aliphatic heterocycles. The van der Waals surface area contributed by atoms with E-state index in [0.717, 1.165) is 0 Å². The van der Waals surface area contributed by atoms with Crippen LogP contribution in [-0.4, -0.2) is 10.2 Å². The normalized spacial score (nSPS) is 14.3. The standard InChI is InChI=1S/C4H6N6S2/c11-7-5-9-3-1-2-4-10(9)6-8-12/h1-4H,(H,5,11)(H,6,12). The van der Waals surface area contributed by atoms with Gasteiger partial charge in [-0.1, -0.05) is 8.94 Å². The predicted molar refractivity (Wildman–Crippen MR) is 47.8 cm³/mol. The molecule has 0 saturated carbocycles. The van der Waals surface area contributed by atoms with Gasteiger partial charge in [-0.25, -0.2) is 0 Å². The summed E-state index contributed by atoms with van der Waals surface area (Å²) in [7, 11) is 0. The summed E-state index contributed by atoms with van der Waals surface area (Å²) >= 11 is 8.75. The molecule has 12 heavy (non-hydrogen) atoms. The van der Waals surface area contributed by atoms with Crippen LogP contribution in [0.15, 0.2) is 33.5 Å². The third kappa shape index (κ3) is 2.10. The maximum atomic E-state index is 4.37. The van der Waals surface area contributed by atoms with E-state index in [1.165, 1.54) is 10.2 Å². The Morgan fingerprint density at radius 2 is 1.33 bits per heavy atom. The minimum atomic E-state index is 1.48. The Balaban J connectivity index is 2.56. The fourth-order valence-corrected chi connectivity index (χ4v) is 0.820. The van der Waals surface area contributed by atoms with Crippen LogP contribution in [0.1, 0.15) is 0 Å². The molecule has 0 aromatic rings. The first-order valence-corrected chi connectivity index (χ1v) is 3.71. The van der Waals surface area contributed by atoms with Crippen LogP contribution >= 0.6 is 0 Å². The van der Waals surface area contributed by atoms with E-state index in [2.05, 4.69) is 44.9 Å². The van der Waals surface area contributed by atoms with E-state index in [9.17, 15) is 0 Å². The second-order valence-corrected chi connectivity index (χ2v) is 2.12. The average Bonchev–Trinajstić information content (AvgIpc) is 2.09. The van der Waals surface area contributed by atoms with Gasteiger partial charge in [-0.2, -0.15) is 21.3 Å². The summed E-state index contributed by atoms with van der Waals surface area (Å²) in [5, 5.41) is 2.95. The topological polar surface area (TPSA) is 55.3 Å². The first-order chi connectivity index (χ1) is 5.88. The highest BCUT2D eigenvalue weighted by Gasteiger charge is 2.07.